The maximum Gasteiger partial charge on any atom is 0.243 e. The molecule has 0 unspecified atom stereocenters. The fourth-order valence-electron chi connectivity index (χ4n) is 2.97. The van der Waals surface area contributed by atoms with Crippen molar-refractivity contribution in [1.82, 2.24) is 5.32 Å². The Hall–Kier alpha value is -0.440. The van der Waals surface area contributed by atoms with E-state index in [9.17, 15) is 4.79 Å². The number of hydrogen-bond acceptors (Lipinski definition) is 2. The monoisotopic (exact) mass is 325 g/mol. The lowest BCUT2D eigenvalue weighted by Crippen LogP contribution is -2.24. The summed E-state index contributed by atoms with van der Waals surface area (Å²) < 4.78 is 0. The van der Waals surface area contributed by atoms with E-state index in [0.29, 0.717) is 0 Å². The minimum absolute atomic E-state index is 0.0758. The lowest BCUT2D eigenvalue weighted by Gasteiger charge is -2.20. The summed E-state index contributed by atoms with van der Waals surface area (Å²) in [5.41, 5.74) is 0. The highest BCUT2D eigenvalue weighted by molar-refractivity contribution is 7.99. The van der Waals surface area contributed by atoms with Gasteiger partial charge >= 0.3 is 0 Å². The molecular formula is C19H35NOS. The van der Waals surface area contributed by atoms with Crippen LogP contribution in [-0.2, 0) is 4.79 Å². The Morgan fingerprint density at radius 2 is 1.91 bits per heavy atom. The quantitative estimate of drug-likeness (QED) is 0.388. The van der Waals surface area contributed by atoms with Crippen LogP contribution in [0.15, 0.2) is 12.2 Å². The number of hydrogen-bond donors (Lipinski definition) is 1. The second-order valence-corrected chi connectivity index (χ2v) is 7.63. The van der Waals surface area contributed by atoms with Crippen LogP contribution in [-0.4, -0.2) is 24.0 Å². The van der Waals surface area contributed by atoms with Crippen molar-refractivity contribution >= 4 is 17.7 Å². The number of nitrogens with one attached hydrogen (secondary N) is 1. The van der Waals surface area contributed by atoms with Gasteiger partial charge in [-0.25, -0.2) is 0 Å². The molecule has 1 aliphatic rings. The normalized spacial score (nSPS) is 16.2. The molecule has 0 heterocycles. The molecule has 0 atom stereocenters. The first-order chi connectivity index (χ1) is 10.8. The van der Waals surface area contributed by atoms with Crippen LogP contribution in [0.3, 0.4) is 0 Å². The summed E-state index contributed by atoms with van der Waals surface area (Å²) in [6.45, 7) is 3.04. The van der Waals surface area contributed by atoms with E-state index in [4.69, 9.17) is 0 Å². The minimum atomic E-state index is 0.0758. The Bertz CT molecular complexity index is 298. The molecule has 1 amide bonds. The molecule has 3 heteroatoms. The van der Waals surface area contributed by atoms with E-state index in [1.54, 1.807) is 6.08 Å². The standard InChI is InChI=1S/C19H35NOS/c1-2-3-4-5-6-7-11-14-19(21)20-15-16-22-17-18-12-9-8-10-13-18/h11,14,18H,2-10,12-13,15-17H2,1H3,(H,20,21)/b14-11+. The molecule has 1 saturated carbocycles. The van der Waals surface area contributed by atoms with Crippen molar-refractivity contribution in [3.8, 4) is 0 Å². The first-order valence-corrected chi connectivity index (χ1v) is 10.5. The molecule has 1 aliphatic carbocycles. The molecule has 22 heavy (non-hydrogen) atoms. The highest BCUT2D eigenvalue weighted by Gasteiger charge is 2.12. The van der Waals surface area contributed by atoms with Crippen molar-refractivity contribution in [1.29, 1.82) is 0 Å². The molecule has 0 radical (unpaired) electrons. The molecule has 1 fully saturated rings. The van der Waals surface area contributed by atoms with Crippen molar-refractivity contribution in [2.45, 2.75) is 77.6 Å². The van der Waals surface area contributed by atoms with E-state index in [-0.39, 0.29) is 5.91 Å². The average molecular weight is 326 g/mol. The van der Waals surface area contributed by atoms with Crippen molar-refractivity contribution in [3.63, 3.8) is 0 Å². The molecule has 0 aliphatic heterocycles. The molecule has 2 nitrogen and oxygen atoms in total. The van der Waals surface area contributed by atoms with E-state index < -0.39 is 0 Å². The molecule has 128 valence electrons. The number of thioether (sulfide) groups is 1. The molecule has 0 spiro atoms. The number of amides is 1. The third-order valence-electron chi connectivity index (χ3n) is 4.37. The van der Waals surface area contributed by atoms with Crippen molar-refractivity contribution in [2.75, 3.05) is 18.1 Å². The Balaban J connectivity index is 1.87. The van der Waals surface area contributed by atoms with Gasteiger partial charge in [-0.05, 0) is 43.4 Å². The van der Waals surface area contributed by atoms with Crippen LogP contribution in [0.5, 0.6) is 0 Å². The van der Waals surface area contributed by atoms with Gasteiger partial charge in [-0.3, -0.25) is 4.79 Å². The third kappa shape index (κ3) is 11.2. The van der Waals surface area contributed by atoms with Crippen LogP contribution in [0.4, 0.5) is 0 Å². The van der Waals surface area contributed by atoms with Gasteiger partial charge < -0.3 is 5.32 Å². The van der Waals surface area contributed by atoms with Gasteiger partial charge in [0.2, 0.25) is 5.91 Å². The highest BCUT2D eigenvalue weighted by atomic mass is 32.2. The summed E-state index contributed by atoms with van der Waals surface area (Å²) in [6, 6.07) is 0. The van der Waals surface area contributed by atoms with Crippen LogP contribution in [0.1, 0.15) is 77.6 Å². The van der Waals surface area contributed by atoms with E-state index in [1.165, 1.54) is 70.0 Å². The molecule has 1 N–H and O–H groups in total. The molecule has 0 aromatic carbocycles. The Morgan fingerprint density at radius 3 is 2.68 bits per heavy atom. The van der Waals surface area contributed by atoms with E-state index >= 15 is 0 Å². The van der Waals surface area contributed by atoms with Crippen LogP contribution < -0.4 is 5.32 Å². The second kappa shape index (κ2) is 14.2. The van der Waals surface area contributed by atoms with E-state index in [2.05, 4.69) is 12.2 Å². The van der Waals surface area contributed by atoms with Gasteiger partial charge in [0.15, 0.2) is 0 Å². The summed E-state index contributed by atoms with van der Waals surface area (Å²) >= 11 is 2.00. The zero-order valence-corrected chi connectivity index (χ0v) is 15.3. The second-order valence-electron chi connectivity index (χ2n) is 6.48. The topological polar surface area (TPSA) is 29.1 Å². The van der Waals surface area contributed by atoms with Crippen LogP contribution in [0.25, 0.3) is 0 Å². The van der Waals surface area contributed by atoms with Gasteiger partial charge in [0.25, 0.3) is 0 Å². The molecule has 0 aromatic heterocycles. The third-order valence-corrected chi connectivity index (χ3v) is 5.57. The van der Waals surface area contributed by atoms with Gasteiger partial charge in [0, 0.05) is 12.3 Å². The van der Waals surface area contributed by atoms with Crippen molar-refractivity contribution in [2.24, 2.45) is 5.92 Å². The fraction of sp³-hybridized carbons (Fsp3) is 0.842. The number of unbranched alkanes of at least 4 members (excludes halogenated alkanes) is 5. The van der Waals surface area contributed by atoms with E-state index in [1.807, 2.05) is 17.8 Å². The van der Waals surface area contributed by atoms with Gasteiger partial charge in [-0.1, -0.05) is 57.9 Å². The van der Waals surface area contributed by atoms with Crippen LogP contribution >= 0.6 is 11.8 Å². The van der Waals surface area contributed by atoms with Crippen LogP contribution in [0.2, 0.25) is 0 Å². The number of carbonyl (C=O) groups excluding carboxylic acids is 1. The van der Waals surface area contributed by atoms with Crippen LogP contribution in [0, 0.1) is 5.92 Å². The summed E-state index contributed by atoms with van der Waals surface area (Å²) in [6.07, 6.45) is 18.3. The summed E-state index contributed by atoms with van der Waals surface area (Å²) in [5.74, 6) is 3.34. The lowest BCUT2D eigenvalue weighted by atomic mass is 9.91. The van der Waals surface area contributed by atoms with Gasteiger partial charge in [0.1, 0.15) is 0 Å². The Kier molecular flexibility index (Phi) is 12.6. The number of carbonyl (C=O) groups is 1. The number of allylic oxidation sites excluding steroid dienone is 1. The largest absolute Gasteiger partial charge is 0.352 e. The SMILES string of the molecule is CCCCCCC/C=C/C(=O)NCCSCC1CCCCC1. The maximum absolute atomic E-state index is 11.6. The lowest BCUT2D eigenvalue weighted by molar-refractivity contribution is -0.116. The first-order valence-electron chi connectivity index (χ1n) is 9.35. The zero-order valence-electron chi connectivity index (χ0n) is 14.4. The summed E-state index contributed by atoms with van der Waals surface area (Å²) in [7, 11) is 0. The fourth-order valence-corrected chi connectivity index (χ4v) is 4.04. The molecule has 1 rings (SSSR count). The molecule has 0 aromatic rings. The minimum Gasteiger partial charge on any atom is -0.352 e. The van der Waals surface area contributed by atoms with E-state index in [0.717, 1.165) is 24.6 Å². The van der Waals surface area contributed by atoms with Gasteiger partial charge in [-0.15, -0.1) is 0 Å². The Morgan fingerprint density at radius 1 is 1.14 bits per heavy atom. The summed E-state index contributed by atoms with van der Waals surface area (Å²) in [5, 5.41) is 2.99. The van der Waals surface area contributed by atoms with Crippen molar-refractivity contribution < 1.29 is 4.79 Å². The smallest absolute Gasteiger partial charge is 0.243 e. The van der Waals surface area contributed by atoms with Gasteiger partial charge in [0.05, 0.1) is 0 Å². The zero-order chi connectivity index (χ0) is 15.9. The van der Waals surface area contributed by atoms with Crippen molar-refractivity contribution in [3.05, 3.63) is 12.2 Å². The molecule has 0 bridgehead atoms. The number of rotatable bonds is 12. The van der Waals surface area contributed by atoms with Gasteiger partial charge in [-0.2, -0.15) is 11.8 Å². The molecule has 0 saturated heterocycles. The predicted molar refractivity (Wildman–Crippen MR) is 99.4 cm³/mol. The predicted octanol–water partition coefficient (Wildman–Crippen LogP) is 5.33. The highest BCUT2D eigenvalue weighted by Crippen LogP contribution is 2.26. The average Bonchev–Trinajstić information content (AvgIpc) is 2.54. The summed E-state index contributed by atoms with van der Waals surface area (Å²) in [4.78, 5) is 11.6. The Labute approximate surface area is 141 Å². The maximum atomic E-state index is 11.6. The molecular weight excluding hydrogens is 290 g/mol. The first kappa shape index (κ1) is 19.6.